The van der Waals surface area contributed by atoms with Crippen LogP contribution in [0.1, 0.15) is 120 Å². The van der Waals surface area contributed by atoms with Crippen molar-refractivity contribution in [2.45, 2.75) is 77.0 Å². The molecule has 20 aromatic rings. The highest BCUT2D eigenvalue weighted by Gasteiger charge is 2.55. The van der Waals surface area contributed by atoms with Crippen molar-refractivity contribution in [3.63, 3.8) is 0 Å². The molecular formula is C124H94N4. The van der Waals surface area contributed by atoms with E-state index in [2.05, 4.69) is 486 Å². The number of aryl methyl sites for hydroxylation is 2. The molecular weight excluding hydrogens is 1550 g/mol. The lowest BCUT2D eigenvalue weighted by molar-refractivity contribution is 0.795. The summed E-state index contributed by atoms with van der Waals surface area (Å²) in [6, 6.07) is 162. The second kappa shape index (κ2) is 30.2. The lowest BCUT2D eigenvalue weighted by Gasteiger charge is -2.33. The molecule has 0 fully saturated rings. The number of rotatable bonds is 17. The minimum Gasteiger partial charge on any atom is -0.310 e. The summed E-state index contributed by atoms with van der Waals surface area (Å²) in [6.07, 6.45) is 1.92. The van der Waals surface area contributed by atoms with E-state index in [1.165, 1.54) is 154 Å². The molecule has 0 amide bonds. The molecule has 610 valence electrons. The molecule has 0 aromatic heterocycles. The maximum atomic E-state index is 2.59. The Bertz CT molecular complexity index is 7730. The largest absolute Gasteiger partial charge is 0.310 e. The summed E-state index contributed by atoms with van der Waals surface area (Å²) in [5.74, 6) is 0.784. The minimum absolute atomic E-state index is 0.358. The van der Waals surface area contributed by atoms with Crippen LogP contribution in [0.15, 0.2) is 425 Å². The number of nitrogens with zero attached hydrogens (tertiary/aromatic N) is 4. The van der Waals surface area contributed by atoms with Crippen molar-refractivity contribution in [2.75, 3.05) is 19.6 Å². The summed E-state index contributed by atoms with van der Waals surface area (Å²) in [4.78, 5) is 9.92. The highest BCUT2D eigenvalue weighted by Crippen LogP contribution is 2.68. The van der Waals surface area contributed by atoms with Gasteiger partial charge < -0.3 is 19.6 Å². The maximum Gasteiger partial charge on any atom is 0.0726 e. The van der Waals surface area contributed by atoms with Crippen LogP contribution in [-0.2, 0) is 23.7 Å². The summed E-state index contributed by atoms with van der Waals surface area (Å²) >= 11 is 0. The van der Waals surface area contributed by atoms with Gasteiger partial charge in [-0.15, -0.1) is 0 Å². The third kappa shape index (κ3) is 11.7. The van der Waals surface area contributed by atoms with Gasteiger partial charge >= 0.3 is 0 Å². The van der Waals surface area contributed by atoms with Crippen molar-refractivity contribution >= 4 is 111 Å². The van der Waals surface area contributed by atoms with Crippen molar-refractivity contribution in [3.05, 3.63) is 491 Å². The second-order valence-corrected chi connectivity index (χ2v) is 35.9. The van der Waals surface area contributed by atoms with Gasteiger partial charge in [0.1, 0.15) is 0 Å². The van der Waals surface area contributed by atoms with E-state index in [-0.39, 0.29) is 0 Å². The van der Waals surface area contributed by atoms with E-state index >= 15 is 0 Å². The molecule has 24 rings (SSSR count). The van der Waals surface area contributed by atoms with Crippen LogP contribution in [0.3, 0.4) is 0 Å². The van der Waals surface area contributed by atoms with Crippen LogP contribution < -0.4 is 19.6 Å². The molecule has 4 nitrogen and oxygen atoms in total. The Labute approximate surface area is 749 Å². The monoisotopic (exact) mass is 1640 g/mol. The van der Waals surface area contributed by atoms with E-state index in [1.54, 1.807) is 0 Å². The molecule has 4 heteroatoms. The van der Waals surface area contributed by atoms with E-state index < -0.39 is 10.8 Å². The standard InChI is InChI=1S/C124H94N4/c1-7-81-46-58-93(59-47-81)126(100-69-57-88-74-110-116(76-90(88)72-100)123(111-42-23-19-34-101(111)102-35-20-24-43-112(102)123)117-77-119(105-38-15-17-40-107(105)121(110)117)127(92-31-13-10-14-32-92)95-60-48-82(8-2)49-61-95)98-33-27-28-86(70-98)85-54-66-97(67-55-85)128(96-64-52-84(53-65-96)80(5)6)120-78-118-122(108-41-18-16-39-106(108)120)109-73-87-56-68-99(125(91-29-11-9-12-30-91)94-62-50-83(51-63-94)79(3)4)71-89(87)75-115(109)124(118)113-44-25-21-36-103(113)104-37-22-26-45-114(104)124/h9-80H,7-8H2,1-6H3. The first-order valence-corrected chi connectivity index (χ1v) is 45.6. The summed E-state index contributed by atoms with van der Waals surface area (Å²) < 4.78 is 0. The molecule has 0 atom stereocenters. The van der Waals surface area contributed by atoms with Crippen LogP contribution >= 0.6 is 0 Å². The average Bonchev–Trinajstić information content (AvgIpc) is 1.50. The van der Waals surface area contributed by atoms with E-state index in [0.717, 1.165) is 92.2 Å². The topological polar surface area (TPSA) is 13.0 Å². The molecule has 0 radical (unpaired) electrons. The number of anilines is 12. The lowest BCUT2D eigenvalue weighted by atomic mass is 9.70. The third-order valence-corrected chi connectivity index (χ3v) is 28.5. The summed E-state index contributed by atoms with van der Waals surface area (Å²) in [5.41, 5.74) is 40.1. The highest BCUT2D eigenvalue weighted by molar-refractivity contribution is 6.16. The molecule has 0 heterocycles. The van der Waals surface area contributed by atoms with Gasteiger partial charge in [-0.05, 0) is 337 Å². The summed E-state index contributed by atoms with van der Waals surface area (Å²) in [7, 11) is 0. The predicted molar refractivity (Wildman–Crippen MR) is 540 cm³/mol. The van der Waals surface area contributed by atoms with Gasteiger partial charge in [0, 0.05) is 67.6 Å². The smallest absolute Gasteiger partial charge is 0.0726 e. The first kappa shape index (κ1) is 76.3. The van der Waals surface area contributed by atoms with Crippen LogP contribution in [-0.4, -0.2) is 0 Å². The average molecular weight is 1640 g/mol. The predicted octanol–water partition coefficient (Wildman–Crippen LogP) is 33.9. The van der Waals surface area contributed by atoms with E-state index in [0.29, 0.717) is 11.8 Å². The van der Waals surface area contributed by atoms with E-state index in [9.17, 15) is 0 Å². The second-order valence-electron chi connectivity index (χ2n) is 35.9. The highest BCUT2D eigenvalue weighted by atomic mass is 15.2. The quantitative estimate of drug-likeness (QED) is 0.0901. The third-order valence-electron chi connectivity index (χ3n) is 28.5. The van der Waals surface area contributed by atoms with Gasteiger partial charge in [0.05, 0.1) is 22.2 Å². The zero-order valence-electron chi connectivity index (χ0n) is 72.8. The van der Waals surface area contributed by atoms with Gasteiger partial charge in [0.25, 0.3) is 0 Å². The summed E-state index contributed by atoms with van der Waals surface area (Å²) in [5, 5.41) is 9.61. The van der Waals surface area contributed by atoms with Crippen LogP contribution in [0.4, 0.5) is 68.2 Å². The Morgan fingerprint density at radius 2 is 0.516 bits per heavy atom. The molecule has 128 heavy (non-hydrogen) atoms. The normalized spacial score (nSPS) is 13.1. The maximum absolute atomic E-state index is 2.59. The van der Waals surface area contributed by atoms with E-state index in [4.69, 9.17) is 0 Å². The number of benzene rings is 20. The first-order valence-electron chi connectivity index (χ1n) is 45.6. The van der Waals surface area contributed by atoms with Crippen LogP contribution in [0.25, 0.3) is 98.7 Å². The minimum atomic E-state index is -0.673. The Kier molecular flexibility index (Phi) is 18.0. The summed E-state index contributed by atoms with van der Waals surface area (Å²) in [6.45, 7) is 13.6. The van der Waals surface area contributed by atoms with Gasteiger partial charge in [-0.1, -0.05) is 308 Å². The van der Waals surface area contributed by atoms with Crippen molar-refractivity contribution in [2.24, 2.45) is 0 Å². The fourth-order valence-electron chi connectivity index (χ4n) is 22.4. The Morgan fingerprint density at radius 1 is 0.203 bits per heavy atom. The number of fused-ring (bicyclic) bond motifs is 26. The van der Waals surface area contributed by atoms with Crippen LogP contribution in [0.5, 0.6) is 0 Å². The molecule has 20 aromatic carbocycles. The fourth-order valence-corrected chi connectivity index (χ4v) is 22.4. The fraction of sp³-hybridized carbons (Fsp3) is 0.0968. The Balaban J connectivity index is 0.647. The molecule has 0 bridgehead atoms. The molecule has 2 spiro atoms. The number of hydrogen-bond acceptors (Lipinski definition) is 4. The van der Waals surface area contributed by atoms with Gasteiger partial charge in [-0.25, -0.2) is 0 Å². The molecule has 4 aliphatic carbocycles. The number of para-hydroxylation sites is 2. The molecule has 0 saturated heterocycles. The van der Waals surface area contributed by atoms with Gasteiger partial charge in [0.2, 0.25) is 0 Å². The van der Waals surface area contributed by atoms with Crippen molar-refractivity contribution in [1.82, 2.24) is 0 Å². The van der Waals surface area contributed by atoms with E-state index in [1.807, 2.05) is 0 Å². The molecule has 0 aliphatic heterocycles. The Morgan fingerprint density at radius 3 is 0.914 bits per heavy atom. The first-order chi connectivity index (χ1) is 63.0. The van der Waals surface area contributed by atoms with Crippen molar-refractivity contribution < 1.29 is 0 Å². The molecule has 4 aliphatic rings. The zero-order valence-corrected chi connectivity index (χ0v) is 72.8. The number of hydrogen-bond donors (Lipinski definition) is 0. The van der Waals surface area contributed by atoms with Crippen LogP contribution in [0.2, 0.25) is 0 Å². The lowest BCUT2D eigenvalue weighted by Crippen LogP contribution is -2.26. The van der Waals surface area contributed by atoms with Gasteiger partial charge in [-0.3, -0.25) is 0 Å². The van der Waals surface area contributed by atoms with Gasteiger partial charge in [-0.2, -0.15) is 0 Å². The molecule has 0 N–H and O–H groups in total. The van der Waals surface area contributed by atoms with Crippen molar-refractivity contribution in [3.8, 4) is 55.6 Å². The zero-order chi connectivity index (χ0) is 85.6. The Hall–Kier alpha value is -15.4. The SMILES string of the molecule is CCc1ccc(N(c2cccc(-c3ccc(N(c4ccc(C(C)C)cc4)c4cc5c(c6ccccc46)-c4cc6ccc(N(c7ccccc7)c7ccc(C(C)C)cc7)cc6cc4C54c5ccccc5-c5ccccc54)cc3)c2)c2ccc3cc4c(cc3c2)C2(c3ccccc3-c3ccccc32)c2cc(N(c3ccccc3)c3ccc(CC)cc3)c3ccccc3c2-4)cc1. The van der Waals surface area contributed by atoms with Gasteiger partial charge in [0.15, 0.2) is 0 Å². The molecule has 0 saturated carbocycles. The van der Waals surface area contributed by atoms with Crippen molar-refractivity contribution in [1.29, 1.82) is 0 Å². The van der Waals surface area contributed by atoms with Crippen LogP contribution in [0, 0.1) is 0 Å². The molecule has 0 unspecified atom stereocenters.